The second-order valence-corrected chi connectivity index (χ2v) is 14.7. The molecule has 2 N–H and O–H groups in total. The number of amides is 2. The lowest BCUT2D eigenvalue weighted by Gasteiger charge is -2.23. The van der Waals surface area contributed by atoms with Gasteiger partial charge in [0.25, 0.3) is 0 Å². The molecular weight excluding hydrogens is 656 g/mol. The maximum Gasteiger partial charge on any atom is 0.223 e. The van der Waals surface area contributed by atoms with Crippen molar-refractivity contribution in [2.24, 2.45) is 11.8 Å². The first-order valence-electron chi connectivity index (χ1n) is 18.7. The Kier molecular flexibility index (Phi) is 9.48. The molecule has 272 valence electrons. The molecule has 0 aliphatic carbocycles. The van der Waals surface area contributed by atoms with Crippen molar-refractivity contribution in [3.8, 4) is 28.1 Å². The van der Waals surface area contributed by atoms with Crippen molar-refractivity contribution in [1.82, 2.24) is 29.7 Å². The number of carbonyl (C=O) groups is 2. The molecule has 11 nitrogen and oxygen atoms in total. The SMILES string of the molecule is CCCC(=O)N1C[C@@H](COC)CC1c1ncc(-c2ccc3c(c2)COc2cc4c(ccc5[nH]c([C@@H]6C[C@H](COC)CN6C(=O)CCC)nc54)cc2-3)[nH]1. The van der Waals surface area contributed by atoms with Crippen LogP contribution in [-0.4, -0.2) is 82.1 Å². The molecule has 2 aromatic heterocycles. The van der Waals surface area contributed by atoms with Gasteiger partial charge in [-0.3, -0.25) is 9.59 Å². The summed E-state index contributed by atoms with van der Waals surface area (Å²) in [7, 11) is 3.43. The van der Waals surface area contributed by atoms with Gasteiger partial charge in [-0.05, 0) is 72.0 Å². The number of hydrogen-bond acceptors (Lipinski definition) is 7. The molecule has 0 bridgehead atoms. The number of fused-ring (bicyclic) bond motifs is 6. The van der Waals surface area contributed by atoms with Crippen LogP contribution in [0.3, 0.4) is 0 Å². The van der Waals surface area contributed by atoms with Gasteiger partial charge in [-0.25, -0.2) is 9.97 Å². The minimum absolute atomic E-state index is 0.0839. The Hall–Kier alpha value is -4.74. The molecule has 8 rings (SSSR count). The number of aromatic nitrogens is 4. The molecule has 5 aromatic rings. The fourth-order valence-corrected chi connectivity index (χ4v) is 8.63. The molecule has 0 spiro atoms. The van der Waals surface area contributed by atoms with Crippen LogP contribution in [0.5, 0.6) is 5.75 Å². The predicted molar refractivity (Wildman–Crippen MR) is 200 cm³/mol. The van der Waals surface area contributed by atoms with Crippen molar-refractivity contribution < 1.29 is 23.8 Å². The van der Waals surface area contributed by atoms with Crippen LogP contribution in [0.25, 0.3) is 44.2 Å². The normalized spacial score (nSPS) is 21.2. The van der Waals surface area contributed by atoms with Crippen LogP contribution in [0.15, 0.2) is 48.7 Å². The number of likely N-dealkylation sites (tertiary alicyclic amines) is 2. The number of hydrogen-bond donors (Lipinski definition) is 2. The zero-order chi connectivity index (χ0) is 35.9. The van der Waals surface area contributed by atoms with Gasteiger partial charge < -0.3 is 34.0 Å². The Morgan fingerprint density at radius 1 is 0.846 bits per heavy atom. The first-order chi connectivity index (χ1) is 25.4. The van der Waals surface area contributed by atoms with Crippen molar-refractivity contribution >= 4 is 33.6 Å². The molecule has 2 amide bonds. The summed E-state index contributed by atoms with van der Waals surface area (Å²) >= 11 is 0. The van der Waals surface area contributed by atoms with Gasteiger partial charge in [0, 0.05) is 62.9 Å². The lowest BCUT2D eigenvalue weighted by atomic mass is 9.92. The van der Waals surface area contributed by atoms with Gasteiger partial charge in [0.05, 0.1) is 48.2 Å². The van der Waals surface area contributed by atoms with E-state index in [0.717, 1.165) is 92.8 Å². The van der Waals surface area contributed by atoms with E-state index in [9.17, 15) is 9.59 Å². The second kappa shape index (κ2) is 14.4. The van der Waals surface area contributed by atoms with Crippen LogP contribution < -0.4 is 4.74 Å². The van der Waals surface area contributed by atoms with E-state index in [1.807, 2.05) is 29.8 Å². The maximum atomic E-state index is 13.1. The van der Waals surface area contributed by atoms with Crippen molar-refractivity contribution in [3.63, 3.8) is 0 Å². The van der Waals surface area contributed by atoms with Gasteiger partial charge in [-0.1, -0.05) is 32.0 Å². The van der Waals surface area contributed by atoms with Gasteiger partial charge in [-0.2, -0.15) is 0 Å². The van der Waals surface area contributed by atoms with Crippen molar-refractivity contribution in [3.05, 3.63) is 65.9 Å². The monoisotopic (exact) mass is 704 g/mol. The molecule has 3 aromatic carbocycles. The second-order valence-electron chi connectivity index (χ2n) is 14.7. The molecule has 3 aliphatic heterocycles. The number of nitrogens with one attached hydrogen (secondary N) is 2. The van der Waals surface area contributed by atoms with Crippen LogP contribution >= 0.6 is 0 Å². The van der Waals surface area contributed by atoms with Crippen LogP contribution in [0, 0.1) is 11.8 Å². The Labute approximate surface area is 304 Å². The van der Waals surface area contributed by atoms with Gasteiger partial charge in [-0.15, -0.1) is 0 Å². The minimum Gasteiger partial charge on any atom is -0.488 e. The summed E-state index contributed by atoms with van der Waals surface area (Å²) < 4.78 is 17.3. The summed E-state index contributed by atoms with van der Waals surface area (Å²) in [6.07, 6.45) is 6.24. The van der Waals surface area contributed by atoms with Crippen molar-refractivity contribution in [1.29, 1.82) is 0 Å². The van der Waals surface area contributed by atoms with E-state index in [0.29, 0.717) is 51.7 Å². The van der Waals surface area contributed by atoms with Crippen LogP contribution in [0.2, 0.25) is 0 Å². The smallest absolute Gasteiger partial charge is 0.223 e. The molecular formula is C41H48N6O5. The summed E-state index contributed by atoms with van der Waals surface area (Å²) in [6.45, 7) is 7.17. The topological polar surface area (TPSA) is 126 Å². The van der Waals surface area contributed by atoms with Gasteiger partial charge in [0.15, 0.2) is 0 Å². The number of H-pyrrole nitrogens is 2. The van der Waals surface area contributed by atoms with E-state index < -0.39 is 0 Å². The number of imidazole rings is 2. The van der Waals surface area contributed by atoms with E-state index >= 15 is 0 Å². The third kappa shape index (κ3) is 6.23. The number of nitrogens with zero attached hydrogens (tertiary/aromatic N) is 4. The Bertz CT molecular complexity index is 2120. The van der Waals surface area contributed by atoms with E-state index in [2.05, 4.69) is 52.4 Å². The molecule has 2 fully saturated rings. The maximum absolute atomic E-state index is 13.1. The summed E-state index contributed by atoms with van der Waals surface area (Å²) in [5.74, 6) is 3.39. The third-order valence-electron chi connectivity index (χ3n) is 11.1. The van der Waals surface area contributed by atoms with E-state index in [-0.39, 0.29) is 29.8 Å². The summed E-state index contributed by atoms with van der Waals surface area (Å²) in [6, 6.07) is 14.8. The number of methoxy groups -OCH3 is 2. The van der Waals surface area contributed by atoms with Gasteiger partial charge >= 0.3 is 0 Å². The van der Waals surface area contributed by atoms with Crippen molar-refractivity contribution in [2.45, 2.75) is 71.1 Å². The quantitative estimate of drug-likeness (QED) is 0.147. The summed E-state index contributed by atoms with van der Waals surface area (Å²) in [5.41, 5.74) is 7.08. The van der Waals surface area contributed by atoms with Gasteiger partial charge in [0.2, 0.25) is 11.8 Å². The zero-order valence-corrected chi connectivity index (χ0v) is 30.5. The molecule has 0 saturated carbocycles. The highest BCUT2D eigenvalue weighted by Crippen LogP contribution is 2.44. The molecule has 2 saturated heterocycles. The predicted octanol–water partition coefficient (Wildman–Crippen LogP) is 7.34. The highest BCUT2D eigenvalue weighted by atomic mass is 16.5. The van der Waals surface area contributed by atoms with E-state index in [1.54, 1.807) is 14.2 Å². The van der Waals surface area contributed by atoms with Gasteiger partial charge in [0.1, 0.15) is 24.0 Å². The standard InChI is InChI=1S/C41H48N6O5/c1-5-7-37(48)46-19-24(21-50-3)13-34(46)40-42-18-33(44-40)27-9-11-29-28(15-27)23-52-36-17-30-26(16-31(29)36)10-12-32-39(30)45-41(43-32)35-14-25(22-51-4)20-47(35)38(49)8-6-2/h9-12,15-18,24-25,34-35H,5-8,13-14,19-23H2,1-4H3,(H,42,44)(H,43,45)/t24-,25-,34?,35-/m0/s1. The molecule has 11 heteroatoms. The van der Waals surface area contributed by atoms with Crippen molar-refractivity contribution in [2.75, 3.05) is 40.5 Å². The highest BCUT2D eigenvalue weighted by Gasteiger charge is 2.39. The lowest BCUT2D eigenvalue weighted by Crippen LogP contribution is -2.31. The number of ether oxygens (including phenoxy) is 3. The van der Waals surface area contributed by atoms with Crippen LogP contribution in [0.4, 0.5) is 0 Å². The van der Waals surface area contributed by atoms with E-state index in [1.165, 1.54) is 0 Å². The highest BCUT2D eigenvalue weighted by molar-refractivity contribution is 6.07. The number of rotatable bonds is 11. The fraction of sp³-hybridized carbons (Fsp3) is 0.463. The zero-order valence-electron chi connectivity index (χ0n) is 30.5. The summed E-state index contributed by atoms with van der Waals surface area (Å²) in [5, 5.41) is 2.10. The lowest BCUT2D eigenvalue weighted by molar-refractivity contribution is -0.133. The first-order valence-corrected chi connectivity index (χ1v) is 18.7. The Balaban J connectivity index is 1.07. The molecule has 52 heavy (non-hydrogen) atoms. The largest absolute Gasteiger partial charge is 0.488 e. The summed E-state index contributed by atoms with van der Waals surface area (Å²) in [4.78, 5) is 47.1. The molecule has 5 heterocycles. The average Bonchev–Trinajstić information content (AvgIpc) is 3.96. The van der Waals surface area contributed by atoms with Crippen LogP contribution in [0.1, 0.15) is 81.7 Å². The Morgan fingerprint density at radius 3 is 2.21 bits per heavy atom. The molecule has 1 unspecified atom stereocenters. The van der Waals surface area contributed by atoms with Crippen LogP contribution in [-0.2, 0) is 25.7 Å². The molecule has 3 aliphatic rings. The molecule has 4 atom stereocenters. The number of aromatic amines is 2. The van der Waals surface area contributed by atoms with E-state index in [4.69, 9.17) is 24.2 Å². The Morgan fingerprint density at radius 2 is 1.54 bits per heavy atom. The minimum atomic E-state index is -0.101. The number of carbonyl (C=O) groups excluding carboxylic acids is 2. The molecule has 0 radical (unpaired) electrons. The fourth-order valence-electron chi connectivity index (χ4n) is 8.63. The third-order valence-corrected chi connectivity index (χ3v) is 11.1. The first kappa shape index (κ1) is 34.4. The average molecular weight is 705 g/mol. The number of benzene rings is 3.